The Morgan fingerprint density at radius 1 is 0.309 bits per heavy atom. The van der Waals surface area contributed by atoms with E-state index in [-0.39, 0.29) is 0 Å². The van der Waals surface area contributed by atoms with Crippen LogP contribution in [0.2, 0.25) is 0 Å². The molecule has 2 heterocycles. The maximum Gasteiger partial charge on any atom is 0.162 e. The van der Waals surface area contributed by atoms with Crippen molar-refractivity contribution in [2.45, 2.75) is 0 Å². The number of fused-ring (bicyclic) bond motifs is 7. The van der Waals surface area contributed by atoms with Gasteiger partial charge in [-0.3, -0.25) is 4.57 Å². The van der Waals surface area contributed by atoms with Gasteiger partial charge in [-0.15, -0.1) is 0 Å². The smallest absolute Gasteiger partial charge is 0.162 e. The predicted octanol–water partition coefficient (Wildman–Crippen LogP) is 13.7. The summed E-state index contributed by atoms with van der Waals surface area (Å²) < 4.78 is 2.28. The summed E-state index contributed by atoms with van der Waals surface area (Å²) in [6.45, 7) is 0. The highest BCUT2D eigenvalue weighted by Crippen LogP contribution is 2.40. The van der Waals surface area contributed by atoms with E-state index in [0.29, 0.717) is 5.82 Å². The van der Waals surface area contributed by atoms with Crippen molar-refractivity contribution in [3.8, 4) is 50.7 Å². The third kappa shape index (κ3) is 5.20. The van der Waals surface area contributed by atoms with Gasteiger partial charge in [0, 0.05) is 28.0 Å². The quantitative estimate of drug-likeness (QED) is 0.132. The second-order valence-electron chi connectivity index (χ2n) is 14.2. The molecule has 0 aliphatic heterocycles. The van der Waals surface area contributed by atoms with Crippen LogP contribution in [-0.2, 0) is 0 Å². The molecule has 0 unspecified atom stereocenters. The molecule has 11 aromatic rings. The van der Waals surface area contributed by atoms with Crippen LogP contribution < -0.4 is 0 Å². The first-order valence-electron chi connectivity index (χ1n) is 18.7. The fourth-order valence-corrected chi connectivity index (χ4v) is 8.40. The Morgan fingerprint density at radius 2 is 0.909 bits per heavy atom. The summed E-state index contributed by atoms with van der Waals surface area (Å²) in [6, 6.07) is 71.5. The van der Waals surface area contributed by atoms with Gasteiger partial charge in [-0.2, -0.15) is 0 Å². The highest BCUT2D eigenvalue weighted by molar-refractivity contribution is 6.20. The van der Waals surface area contributed by atoms with Gasteiger partial charge in [-0.1, -0.05) is 170 Å². The van der Waals surface area contributed by atoms with Gasteiger partial charge < -0.3 is 0 Å². The standard InChI is InChI=1S/C52H33N3/c1-2-13-34(14-3-1)38-17-12-18-40(31-38)47-33-50(55-48-23-10-8-21-43(48)44-22-9-11-24-49(44)55)54-52(53-47)37-27-25-36(26-28-37)51-42-20-7-5-16-39(42)32-46-41-19-6-4-15-35(41)29-30-45(46)51/h1-33H. The maximum absolute atomic E-state index is 5.34. The van der Waals surface area contributed by atoms with Crippen molar-refractivity contribution in [3.05, 3.63) is 200 Å². The van der Waals surface area contributed by atoms with E-state index in [1.165, 1.54) is 54.2 Å². The third-order valence-electron chi connectivity index (χ3n) is 11.0. The molecule has 3 heteroatoms. The van der Waals surface area contributed by atoms with Crippen LogP contribution in [0.3, 0.4) is 0 Å². The number of rotatable bonds is 5. The zero-order valence-electron chi connectivity index (χ0n) is 29.9. The Kier molecular flexibility index (Phi) is 7.17. The van der Waals surface area contributed by atoms with Gasteiger partial charge in [0.15, 0.2) is 5.82 Å². The highest BCUT2D eigenvalue weighted by atomic mass is 15.1. The Labute approximate surface area is 318 Å². The molecule has 2 aromatic heterocycles. The lowest BCUT2D eigenvalue weighted by molar-refractivity contribution is 1.05. The minimum absolute atomic E-state index is 0.680. The van der Waals surface area contributed by atoms with E-state index in [2.05, 4.69) is 205 Å². The highest BCUT2D eigenvalue weighted by Gasteiger charge is 2.18. The predicted molar refractivity (Wildman–Crippen MR) is 231 cm³/mol. The van der Waals surface area contributed by atoms with Crippen LogP contribution in [0, 0.1) is 0 Å². The molecule has 0 spiro atoms. The molecule has 0 N–H and O–H groups in total. The number of aromatic nitrogens is 3. The molecule has 0 fully saturated rings. The number of para-hydroxylation sites is 2. The van der Waals surface area contributed by atoms with Crippen LogP contribution in [0.15, 0.2) is 200 Å². The summed E-state index contributed by atoms with van der Waals surface area (Å²) in [7, 11) is 0. The molecular weight excluding hydrogens is 667 g/mol. The minimum atomic E-state index is 0.680. The molecule has 9 aromatic carbocycles. The summed E-state index contributed by atoms with van der Waals surface area (Å²) >= 11 is 0. The Morgan fingerprint density at radius 3 is 1.67 bits per heavy atom. The molecule has 0 aliphatic carbocycles. The molecule has 55 heavy (non-hydrogen) atoms. The molecule has 0 atom stereocenters. The van der Waals surface area contributed by atoms with Crippen molar-refractivity contribution in [2.75, 3.05) is 0 Å². The first-order chi connectivity index (χ1) is 27.3. The normalized spacial score (nSPS) is 11.6. The molecule has 0 bridgehead atoms. The van der Waals surface area contributed by atoms with E-state index in [0.717, 1.165) is 44.8 Å². The van der Waals surface area contributed by atoms with Gasteiger partial charge in [0.05, 0.1) is 16.7 Å². The second kappa shape index (κ2) is 12.6. The van der Waals surface area contributed by atoms with Crippen LogP contribution in [0.5, 0.6) is 0 Å². The molecular formula is C52H33N3. The van der Waals surface area contributed by atoms with E-state index in [1.54, 1.807) is 0 Å². The van der Waals surface area contributed by atoms with E-state index >= 15 is 0 Å². The molecule has 0 saturated heterocycles. The summed E-state index contributed by atoms with van der Waals surface area (Å²) in [5.74, 6) is 1.51. The van der Waals surface area contributed by atoms with E-state index in [4.69, 9.17) is 9.97 Å². The van der Waals surface area contributed by atoms with Crippen molar-refractivity contribution in [1.82, 2.24) is 14.5 Å². The van der Waals surface area contributed by atoms with E-state index in [9.17, 15) is 0 Å². The van der Waals surface area contributed by atoms with Crippen molar-refractivity contribution in [1.29, 1.82) is 0 Å². The van der Waals surface area contributed by atoms with Crippen molar-refractivity contribution < 1.29 is 0 Å². The molecule has 0 radical (unpaired) electrons. The largest absolute Gasteiger partial charge is 0.294 e. The summed E-state index contributed by atoms with van der Waals surface area (Å²) in [5, 5.41) is 9.89. The Bertz CT molecular complexity index is 3200. The number of benzene rings is 9. The maximum atomic E-state index is 5.34. The fraction of sp³-hybridized carbons (Fsp3) is 0. The topological polar surface area (TPSA) is 30.7 Å². The lowest BCUT2D eigenvalue weighted by Gasteiger charge is -2.15. The van der Waals surface area contributed by atoms with Crippen molar-refractivity contribution in [3.63, 3.8) is 0 Å². The first-order valence-corrected chi connectivity index (χ1v) is 18.7. The Hall–Kier alpha value is -7.36. The Balaban J connectivity index is 1.11. The second-order valence-corrected chi connectivity index (χ2v) is 14.2. The molecule has 0 saturated carbocycles. The molecule has 0 amide bonds. The lowest BCUT2D eigenvalue weighted by atomic mass is 9.89. The summed E-state index contributed by atoms with van der Waals surface area (Å²) in [6.07, 6.45) is 0. The van der Waals surface area contributed by atoms with E-state index in [1.807, 2.05) is 0 Å². The first kappa shape index (κ1) is 31.2. The number of nitrogens with zero attached hydrogens (tertiary/aromatic N) is 3. The minimum Gasteiger partial charge on any atom is -0.294 e. The monoisotopic (exact) mass is 699 g/mol. The van der Waals surface area contributed by atoms with Crippen LogP contribution in [-0.4, -0.2) is 14.5 Å². The zero-order valence-corrected chi connectivity index (χ0v) is 29.9. The zero-order chi connectivity index (χ0) is 36.3. The van der Waals surface area contributed by atoms with Crippen LogP contribution in [0.4, 0.5) is 0 Å². The van der Waals surface area contributed by atoms with Gasteiger partial charge >= 0.3 is 0 Å². The van der Waals surface area contributed by atoms with Gasteiger partial charge in [-0.25, -0.2) is 9.97 Å². The average Bonchev–Trinajstić information content (AvgIpc) is 3.60. The van der Waals surface area contributed by atoms with Gasteiger partial charge in [0.2, 0.25) is 0 Å². The SMILES string of the molecule is c1ccc(-c2cccc(-c3cc(-n4c5ccccc5c5ccccc54)nc(-c4ccc(-c5c6ccccc6cc6c5ccc5ccccc56)cc4)n3)c2)cc1. The molecule has 0 aliphatic rings. The average molecular weight is 700 g/mol. The lowest BCUT2D eigenvalue weighted by Crippen LogP contribution is -2.02. The van der Waals surface area contributed by atoms with E-state index < -0.39 is 0 Å². The third-order valence-corrected chi connectivity index (χ3v) is 11.0. The van der Waals surface area contributed by atoms with Crippen molar-refractivity contribution >= 4 is 54.1 Å². The van der Waals surface area contributed by atoms with Gasteiger partial charge in [0.25, 0.3) is 0 Å². The van der Waals surface area contributed by atoms with Crippen LogP contribution >= 0.6 is 0 Å². The van der Waals surface area contributed by atoms with Crippen LogP contribution in [0.1, 0.15) is 0 Å². The molecule has 11 rings (SSSR count). The van der Waals surface area contributed by atoms with Gasteiger partial charge in [-0.05, 0) is 78.8 Å². The van der Waals surface area contributed by atoms with Crippen LogP contribution in [0.25, 0.3) is 105 Å². The fourth-order valence-electron chi connectivity index (χ4n) is 8.40. The molecule has 3 nitrogen and oxygen atoms in total. The number of hydrogen-bond acceptors (Lipinski definition) is 2. The van der Waals surface area contributed by atoms with Crippen molar-refractivity contribution in [2.24, 2.45) is 0 Å². The van der Waals surface area contributed by atoms with Gasteiger partial charge in [0.1, 0.15) is 5.82 Å². The molecule has 256 valence electrons. The summed E-state index contributed by atoms with van der Waals surface area (Å²) in [5.41, 5.74) is 9.82. The number of hydrogen-bond donors (Lipinski definition) is 0. The summed E-state index contributed by atoms with van der Waals surface area (Å²) in [4.78, 5) is 10.6.